The van der Waals surface area contributed by atoms with Crippen LogP contribution in [0.15, 0.2) is 29.3 Å². The maximum Gasteiger partial charge on any atom is 0.191 e. The van der Waals surface area contributed by atoms with Crippen LogP contribution in [0.25, 0.3) is 0 Å². The average molecular weight is 491 g/mol. The second kappa shape index (κ2) is 12.1. The molecule has 1 aliphatic rings. The molecule has 0 radical (unpaired) electrons. The minimum atomic E-state index is 0. The molecule has 1 atom stereocenters. The summed E-state index contributed by atoms with van der Waals surface area (Å²) in [4.78, 5) is 4.90. The molecule has 1 unspecified atom stereocenters. The minimum Gasteiger partial charge on any atom is -0.381 e. The lowest BCUT2D eigenvalue weighted by Crippen LogP contribution is -2.41. The summed E-state index contributed by atoms with van der Waals surface area (Å²) in [7, 11) is 0. The van der Waals surface area contributed by atoms with Gasteiger partial charge in [0.25, 0.3) is 0 Å². The van der Waals surface area contributed by atoms with Crippen LogP contribution in [0, 0.1) is 0 Å². The Labute approximate surface area is 180 Å². The van der Waals surface area contributed by atoms with Gasteiger partial charge in [0, 0.05) is 24.5 Å². The van der Waals surface area contributed by atoms with Crippen molar-refractivity contribution < 1.29 is 4.74 Å². The van der Waals surface area contributed by atoms with Crippen LogP contribution >= 0.6 is 35.7 Å². The molecule has 0 spiro atoms. The van der Waals surface area contributed by atoms with E-state index in [0.717, 1.165) is 51.5 Å². The zero-order valence-electron chi connectivity index (χ0n) is 16.5. The first kappa shape index (κ1) is 23.6. The lowest BCUT2D eigenvalue weighted by atomic mass is 9.99. The summed E-state index contributed by atoms with van der Waals surface area (Å²) in [5.41, 5.74) is 2.66. The van der Waals surface area contributed by atoms with E-state index in [-0.39, 0.29) is 34.8 Å². The van der Waals surface area contributed by atoms with Crippen molar-refractivity contribution in [1.82, 2.24) is 10.6 Å². The summed E-state index contributed by atoms with van der Waals surface area (Å²) in [5.74, 6) is 0.898. The normalized spacial score (nSPS) is 17.9. The number of hydrogen-bond donors (Lipinski definition) is 2. The van der Waals surface area contributed by atoms with Crippen LogP contribution in [0.4, 0.5) is 0 Å². The van der Waals surface area contributed by atoms with Gasteiger partial charge in [-0.1, -0.05) is 31.2 Å². The quantitative estimate of drug-likeness (QED) is 0.337. The summed E-state index contributed by atoms with van der Waals surface area (Å²) in [6, 6.07) is 9.07. The number of guanidine groups is 1. The van der Waals surface area contributed by atoms with E-state index in [1.54, 1.807) is 0 Å². The number of aryl methyl sites for hydroxylation is 1. The number of thioether (sulfide) groups is 1. The van der Waals surface area contributed by atoms with Crippen molar-refractivity contribution in [2.45, 2.75) is 50.8 Å². The number of nitrogens with one attached hydrogen (secondary N) is 2. The predicted molar refractivity (Wildman–Crippen MR) is 125 cm³/mol. The summed E-state index contributed by atoms with van der Waals surface area (Å²) in [6.07, 6.45) is 5.42. The van der Waals surface area contributed by atoms with Crippen molar-refractivity contribution in [2.24, 2.45) is 4.99 Å². The van der Waals surface area contributed by atoms with E-state index in [9.17, 15) is 0 Å². The number of benzene rings is 1. The van der Waals surface area contributed by atoms with E-state index in [2.05, 4.69) is 61.9 Å². The van der Waals surface area contributed by atoms with Gasteiger partial charge in [0.05, 0.1) is 12.6 Å². The minimum absolute atomic E-state index is 0. The van der Waals surface area contributed by atoms with Crippen LogP contribution in [0.5, 0.6) is 0 Å². The molecule has 26 heavy (non-hydrogen) atoms. The van der Waals surface area contributed by atoms with Crippen molar-refractivity contribution in [3.8, 4) is 0 Å². The van der Waals surface area contributed by atoms with Crippen LogP contribution in [-0.4, -0.2) is 43.3 Å². The molecule has 0 aliphatic carbocycles. The van der Waals surface area contributed by atoms with Gasteiger partial charge in [-0.05, 0) is 50.5 Å². The Bertz CT molecular complexity index is 544. The molecule has 2 N–H and O–H groups in total. The number of rotatable bonds is 7. The standard InChI is InChI=1S/C20H33N3OS.HI/c1-5-17-7-9-18(10-8-17)16(3)23-19(21-6-2)22-15-20(25-4)11-13-24-14-12-20;/h7-10,16H,5-6,11-15H2,1-4H3,(H2,21,22,23);1H. The Morgan fingerprint density at radius 3 is 2.42 bits per heavy atom. The van der Waals surface area contributed by atoms with Crippen LogP contribution in [-0.2, 0) is 11.2 Å². The van der Waals surface area contributed by atoms with Crippen molar-refractivity contribution in [1.29, 1.82) is 0 Å². The van der Waals surface area contributed by atoms with E-state index in [0.29, 0.717) is 0 Å². The lowest BCUT2D eigenvalue weighted by Gasteiger charge is -2.34. The number of hydrogen-bond acceptors (Lipinski definition) is 3. The molecule has 0 aromatic heterocycles. The Hall–Kier alpha value is -0.470. The highest BCUT2D eigenvalue weighted by Crippen LogP contribution is 2.34. The van der Waals surface area contributed by atoms with Crippen LogP contribution in [0.2, 0.25) is 0 Å². The third kappa shape index (κ3) is 6.93. The van der Waals surface area contributed by atoms with Gasteiger partial charge in [-0.15, -0.1) is 24.0 Å². The summed E-state index contributed by atoms with van der Waals surface area (Å²) in [5, 5.41) is 6.94. The van der Waals surface area contributed by atoms with E-state index >= 15 is 0 Å². The van der Waals surface area contributed by atoms with Crippen LogP contribution in [0.3, 0.4) is 0 Å². The molecular formula is C20H34IN3OS. The van der Waals surface area contributed by atoms with Gasteiger partial charge in [0.15, 0.2) is 5.96 Å². The second-order valence-electron chi connectivity index (χ2n) is 6.66. The smallest absolute Gasteiger partial charge is 0.191 e. The van der Waals surface area contributed by atoms with Gasteiger partial charge in [0.2, 0.25) is 0 Å². The summed E-state index contributed by atoms with van der Waals surface area (Å²) in [6.45, 7) is 9.87. The van der Waals surface area contributed by atoms with E-state index in [1.807, 2.05) is 11.8 Å². The van der Waals surface area contributed by atoms with Gasteiger partial charge >= 0.3 is 0 Å². The first-order valence-electron chi connectivity index (χ1n) is 9.39. The van der Waals surface area contributed by atoms with Crippen molar-refractivity contribution in [2.75, 3.05) is 32.6 Å². The van der Waals surface area contributed by atoms with E-state index < -0.39 is 0 Å². The van der Waals surface area contributed by atoms with Gasteiger partial charge < -0.3 is 15.4 Å². The summed E-state index contributed by atoms with van der Waals surface area (Å²) < 4.78 is 5.74. The Morgan fingerprint density at radius 1 is 1.23 bits per heavy atom. The maximum absolute atomic E-state index is 5.53. The van der Waals surface area contributed by atoms with Crippen molar-refractivity contribution >= 4 is 41.7 Å². The Morgan fingerprint density at radius 2 is 1.88 bits per heavy atom. The van der Waals surface area contributed by atoms with Crippen molar-refractivity contribution in [3.63, 3.8) is 0 Å². The molecule has 1 aliphatic heterocycles. The highest BCUT2D eigenvalue weighted by atomic mass is 127. The molecule has 1 aromatic rings. The predicted octanol–water partition coefficient (Wildman–Crippen LogP) is 4.40. The molecule has 0 amide bonds. The fourth-order valence-electron chi connectivity index (χ4n) is 3.04. The third-order valence-corrected chi connectivity index (χ3v) is 6.35. The molecule has 0 bridgehead atoms. The molecule has 1 fully saturated rings. The lowest BCUT2D eigenvalue weighted by molar-refractivity contribution is 0.0794. The number of ether oxygens (including phenoxy) is 1. The Kier molecular flexibility index (Phi) is 11.0. The molecule has 148 valence electrons. The largest absolute Gasteiger partial charge is 0.381 e. The van der Waals surface area contributed by atoms with E-state index in [1.165, 1.54) is 11.1 Å². The summed E-state index contributed by atoms with van der Waals surface area (Å²) >= 11 is 1.93. The maximum atomic E-state index is 5.53. The average Bonchev–Trinajstić information content (AvgIpc) is 2.67. The van der Waals surface area contributed by atoms with Gasteiger partial charge in [-0.3, -0.25) is 4.99 Å². The van der Waals surface area contributed by atoms with Crippen LogP contribution < -0.4 is 10.6 Å². The van der Waals surface area contributed by atoms with Gasteiger partial charge in [-0.2, -0.15) is 11.8 Å². The zero-order chi connectivity index (χ0) is 18.1. The Balaban J connectivity index is 0.00000338. The van der Waals surface area contributed by atoms with Crippen molar-refractivity contribution in [3.05, 3.63) is 35.4 Å². The number of halogens is 1. The fourth-order valence-corrected chi connectivity index (χ4v) is 3.81. The topological polar surface area (TPSA) is 45.7 Å². The first-order chi connectivity index (χ1) is 12.1. The highest BCUT2D eigenvalue weighted by molar-refractivity contribution is 14.0. The molecule has 1 saturated heterocycles. The molecule has 1 aromatic carbocycles. The molecular weight excluding hydrogens is 457 g/mol. The van der Waals surface area contributed by atoms with Gasteiger partial charge in [-0.25, -0.2) is 0 Å². The highest BCUT2D eigenvalue weighted by Gasteiger charge is 2.31. The fraction of sp³-hybridized carbons (Fsp3) is 0.650. The molecule has 4 nitrogen and oxygen atoms in total. The van der Waals surface area contributed by atoms with Gasteiger partial charge in [0.1, 0.15) is 0 Å². The molecule has 2 rings (SSSR count). The zero-order valence-corrected chi connectivity index (χ0v) is 19.7. The second-order valence-corrected chi connectivity index (χ2v) is 7.93. The van der Waals surface area contributed by atoms with E-state index in [4.69, 9.17) is 9.73 Å². The monoisotopic (exact) mass is 491 g/mol. The van der Waals surface area contributed by atoms with Crippen LogP contribution in [0.1, 0.15) is 50.8 Å². The molecule has 0 saturated carbocycles. The number of nitrogens with zero attached hydrogens (tertiary/aromatic N) is 1. The molecule has 1 heterocycles. The first-order valence-corrected chi connectivity index (χ1v) is 10.6. The molecule has 6 heteroatoms. The third-order valence-electron chi connectivity index (χ3n) is 4.95. The number of aliphatic imine (C=N–C) groups is 1. The SMILES string of the molecule is CCNC(=NCC1(SC)CCOCC1)NC(C)c1ccc(CC)cc1.I.